The fourth-order valence-corrected chi connectivity index (χ4v) is 0.896. The summed E-state index contributed by atoms with van der Waals surface area (Å²) in [6.07, 6.45) is 3.83. The molecule has 0 atom stereocenters. The lowest BCUT2D eigenvalue weighted by Crippen LogP contribution is -2.12. The van der Waals surface area contributed by atoms with Crippen LogP contribution in [0.25, 0.3) is 0 Å². The van der Waals surface area contributed by atoms with E-state index in [4.69, 9.17) is 12.2 Å². The summed E-state index contributed by atoms with van der Waals surface area (Å²) in [6, 6.07) is 0. The average molecular weight is 168 g/mol. The smallest absolute Gasteiger partial charge is 0.255 e. The number of rotatable bonds is 2. The fraction of sp³-hybridized carbons (Fsp3) is 0.143. The highest BCUT2D eigenvalue weighted by Crippen LogP contribution is 1.88. The molecule has 2 N–H and O–H groups in total. The predicted octanol–water partition coefficient (Wildman–Crippen LogP) is 1.16. The summed E-state index contributed by atoms with van der Waals surface area (Å²) in [5, 5.41) is 0. The number of hydrogen-bond donors (Lipinski definition) is 2. The molecule has 1 rings (SSSR count). The van der Waals surface area contributed by atoms with Gasteiger partial charge in [-0.25, -0.2) is 0 Å². The number of H-pyrrole nitrogens is 2. The van der Waals surface area contributed by atoms with E-state index in [1.165, 1.54) is 0 Å². The minimum atomic E-state index is -0.145. The molecule has 58 valence electrons. The van der Waals surface area contributed by atoms with E-state index < -0.39 is 0 Å². The molecule has 4 heteroatoms. The topological polar surface area (TPSA) is 48.6 Å². The molecule has 1 aromatic rings. The maximum atomic E-state index is 11.0. The van der Waals surface area contributed by atoms with Gasteiger partial charge in [-0.2, -0.15) is 0 Å². The van der Waals surface area contributed by atoms with Crippen LogP contribution in [0.5, 0.6) is 0 Å². The van der Waals surface area contributed by atoms with Crippen molar-refractivity contribution in [2.75, 3.05) is 0 Å². The molecule has 0 aliphatic heterocycles. The largest absolute Gasteiger partial charge is 0.338 e. The van der Waals surface area contributed by atoms with Crippen LogP contribution in [-0.4, -0.2) is 9.97 Å². The molecule has 0 saturated carbocycles. The summed E-state index contributed by atoms with van der Waals surface area (Å²) in [4.78, 5) is 16.3. The van der Waals surface area contributed by atoms with E-state index in [9.17, 15) is 4.79 Å². The summed E-state index contributed by atoms with van der Waals surface area (Å²) < 4.78 is 0.350. The van der Waals surface area contributed by atoms with Gasteiger partial charge in [0, 0.05) is 11.8 Å². The number of aromatic amines is 2. The molecule has 0 aliphatic rings. The zero-order chi connectivity index (χ0) is 8.27. The van der Waals surface area contributed by atoms with Crippen molar-refractivity contribution in [3.8, 4) is 0 Å². The monoisotopic (exact) mass is 168 g/mol. The van der Waals surface area contributed by atoms with E-state index in [2.05, 4.69) is 16.5 Å². The number of hydrogen-bond acceptors (Lipinski definition) is 2. The number of nitrogens with one attached hydrogen (secondary N) is 2. The lowest BCUT2D eigenvalue weighted by Gasteiger charge is -1.92. The maximum Gasteiger partial charge on any atom is 0.255 e. The van der Waals surface area contributed by atoms with Crippen molar-refractivity contribution >= 4 is 12.2 Å². The Labute approximate surface area is 68.8 Å². The summed E-state index contributed by atoms with van der Waals surface area (Å²) in [7, 11) is 0. The maximum absolute atomic E-state index is 11.0. The normalized spacial score (nSPS) is 9.45. The summed E-state index contributed by atoms with van der Waals surface area (Å²) >= 11 is 4.71. The molecule has 3 nitrogen and oxygen atoms in total. The van der Waals surface area contributed by atoms with Crippen LogP contribution < -0.4 is 5.56 Å². The Morgan fingerprint density at radius 3 is 3.00 bits per heavy atom. The Bertz CT molecular complexity index is 363. The van der Waals surface area contributed by atoms with Gasteiger partial charge in [0.1, 0.15) is 0 Å². The third-order valence-corrected chi connectivity index (χ3v) is 1.48. The second kappa shape index (κ2) is 3.30. The highest BCUT2D eigenvalue weighted by molar-refractivity contribution is 7.71. The standard InChI is InChI=1S/C7H8N2OS/c1-2-3-5-4-8-7(11)9-6(5)10/h2,4H,1,3H2,(H2,8,9,10,11). The number of aromatic nitrogens is 2. The second-order valence-electron chi connectivity index (χ2n) is 2.09. The van der Waals surface area contributed by atoms with E-state index in [-0.39, 0.29) is 5.56 Å². The first-order valence-corrected chi connectivity index (χ1v) is 3.56. The van der Waals surface area contributed by atoms with E-state index in [1.807, 2.05) is 0 Å². The van der Waals surface area contributed by atoms with Gasteiger partial charge in [-0.15, -0.1) is 6.58 Å². The lowest BCUT2D eigenvalue weighted by molar-refractivity contribution is 1.02. The SMILES string of the molecule is C=CCc1c[nH]c(=S)[nH]c1=O. The average Bonchev–Trinajstić information content (AvgIpc) is 1.95. The van der Waals surface area contributed by atoms with Gasteiger partial charge in [-0.3, -0.25) is 9.78 Å². The Morgan fingerprint density at radius 1 is 1.73 bits per heavy atom. The molecule has 0 unspecified atom stereocenters. The van der Waals surface area contributed by atoms with Gasteiger partial charge in [0.25, 0.3) is 5.56 Å². The first-order chi connectivity index (χ1) is 5.24. The third-order valence-electron chi connectivity index (χ3n) is 1.26. The van der Waals surface area contributed by atoms with Crippen LogP contribution in [0.15, 0.2) is 23.6 Å². The predicted molar refractivity (Wildman–Crippen MR) is 46.1 cm³/mol. The van der Waals surface area contributed by atoms with Crippen LogP contribution in [-0.2, 0) is 6.42 Å². The van der Waals surface area contributed by atoms with Crippen molar-refractivity contribution in [2.24, 2.45) is 0 Å². The van der Waals surface area contributed by atoms with Crippen molar-refractivity contribution in [2.45, 2.75) is 6.42 Å². The van der Waals surface area contributed by atoms with E-state index in [1.54, 1.807) is 12.3 Å². The molecular formula is C7H8N2OS. The van der Waals surface area contributed by atoms with Crippen molar-refractivity contribution in [3.05, 3.63) is 39.5 Å². The second-order valence-corrected chi connectivity index (χ2v) is 2.50. The van der Waals surface area contributed by atoms with Crippen LogP contribution >= 0.6 is 12.2 Å². The van der Waals surface area contributed by atoms with E-state index >= 15 is 0 Å². The highest BCUT2D eigenvalue weighted by Gasteiger charge is 1.93. The molecule has 1 heterocycles. The Balaban J connectivity index is 3.19. The molecule has 0 amide bonds. The van der Waals surface area contributed by atoms with Gasteiger partial charge in [0.15, 0.2) is 4.77 Å². The summed E-state index contributed by atoms with van der Waals surface area (Å²) in [5.74, 6) is 0. The molecule has 0 spiro atoms. The molecule has 0 saturated heterocycles. The molecule has 11 heavy (non-hydrogen) atoms. The Morgan fingerprint density at radius 2 is 2.45 bits per heavy atom. The van der Waals surface area contributed by atoms with Gasteiger partial charge < -0.3 is 4.98 Å². The fourth-order valence-electron chi connectivity index (χ4n) is 0.745. The first-order valence-electron chi connectivity index (χ1n) is 3.16. The summed E-state index contributed by atoms with van der Waals surface area (Å²) in [5.41, 5.74) is 0.502. The van der Waals surface area contributed by atoms with Crippen LogP contribution in [0.1, 0.15) is 5.56 Å². The zero-order valence-corrected chi connectivity index (χ0v) is 6.70. The van der Waals surface area contributed by atoms with Crippen LogP contribution in [0.3, 0.4) is 0 Å². The van der Waals surface area contributed by atoms with Gasteiger partial charge in [0.05, 0.1) is 0 Å². The minimum Gasteiger partial charge on any atom is -0.338 e. The van der Waals surface area contributed by atoms with Gasteiger partial charge >= 0.3 is 0 Å². The van der Waals surface area contributed by atoms with E-state index in [0.29, 0.717) is 16.8 Å². The van der Waals surface area contributed by atoms with Crippen LogP contribution in [0.2, 0.25) is 0 Å². The third kappa shape index (κ3) is 1.88. The van der Waals surface area contributed by atoms with Crippen LogP contribution in [0.4, 0.5) is 0 Å². The molecule has 0 bridgehead atoms. The van der Waals surface area contributed by atoms with Gasteiger partial charge in [-0.05, 0) is 18.6 Å². The zero-order valence-electron chi connectivity index (χ0n) is 5.89. The molecular weight excluding hydrogens is 160 g/mol. The summed E-state index contributed by atoms with van der Waals surface area (Å²) in [6.45, 7) is 3.53. The molecule has 0 aromatic carbocycles. The van der Waals surface area contributed by atoms with Crippen molar-refractivity contribution < 1.29 is 0 Å². The molecule has 0 fully saturated rings. The van der Waals surface area contributed by atoms with Crippen LogP contribution in [0, 0.1) is 4.77 Å². The van der Waals surface area contributed by atoms with Crippen molar-refractivity contribution in [3.63, 3.8) is 0 Å². The molecule has 1 aromatic heterocycles. The van der Waals surface area contributed by atoms with Gasteiger partial charge in [-0.1, -0.05) is 6.08 Å². The quantitative estimate of drug-likeness (QED) is 0.514. The van der Waals surface area contributed by atoms with Crippen molar-refractivity contribution in [1.29, 1.82) is 0 Å². The Kier molecular flexibility index (Phi) is 2.38. The number of allylic oxidation sites excluding steroid dienone is 1. The lowest BCUT2D eigenvalue weighted by atomic mass is 10.2. The minimum absolute atomic E-state index is 0.145. The Hall–Kier alpha value is -1.16. The van der Waals surface area contributed by atoms with Gasteiger partial charge in [0.2, 0.25) is 0 Å². The first kappa shape index (κ1) is 7.94. The van der Waals surface area contributed by atoms with E-state index in [0.717, 1.165) is 0 Å². The van der Waals surface area contributed by atoms with Crippen molar-refractivity contribution in [1.82, 2.24) is 9.97 Å². The molecule has 0 aliphatic carbocycles. The molecule has 0 radical (unpaired) electrons. The highest BCUT2D eigenvalue weighted by atomic mass is 32.1.